The molecular formula is C18H21NO3S. The molecule has 0 aliphatic carbocycles. The molecule has 1 unspecified atom stereocenters. The lowest BCUT2D eigenvalue weighted by molar-refractivity contribution is 0.395. The molecule has 0 saturated heterocycles. The monoisotopic (exact) mass is 331 g/mol. The molecule has 0 aliphatic heterocycles. The zero-order valence-electron chi connectivity index (χ0n) is 13.6. The van der Waals surface area contributed by atoms with Crippen LogP contribution in [0.2, 0.25) is 0 Å². The second-order valence-corrected chi connectivity index (χ2v) is 7.46. The molecule has 1 aromatic heterocycles. The molecule has 0 radical (unpaired) electrons. The third kappa shape index (κ3) is 3.96. The first-order valence-electron chi connectivity index (χ1n) is 7.47. The van der Waals surface area contributed by atoms with Gasteiger partial charge in [0.15, 0.2) is 0 Å². The molecule has 1 aromatic carbocycles. The number of sulfonamides is 1. The van der Waals surface area contributed by atoms with E-state index in [1.54, 1.807) is 31.2 Å². The van der Waals surface area contributed by atoms with E-state index in [0.717, 1.165) is 21.4 Å². The van der Waals surface area contributed by atoms with Crippen LogP contribution in [0.25, 0.3) is 0 Å². The van der Waals surface area contributed by atoms with Gasteiger partial charge in [0.25, 0.3) is 10.0 Å². The fourth-order valence-electron chi connectivity index (χ4n) is 2.35. The fraction of sp³-hybridized carbons (Fsp3) is 0.333. The molecule has 0 spiro atoms. The zero-order valence-corrected chi connectivity index (χ0v) is 14.4. The van der Waals surface area contributed by atoms with Crippen LogP contribution in [0.4, 0.5) is 0 Å². The molecule has 0 N–H and O–H groups in total. The molecular weight excluding hydrogens is 310 g/mol. The van der Waals surface area contributed by atoms with Crippen LogP contribution in [0.15, 0.2) is 45.7 Å². The van der Waals surface area contributed by atoms with Gasteiger partial charge in [0.1, 0.15) is 11.5 Å². The van der Waals surface area contributed by atoms with E-state index in [1.807, 2.05) is 26.0 Å². The summed E-state index contributed by atoms with van der Waals surface area (Å²) in [5, 5.41) is 0. The second-order valence-electron chi connectivity index (χ2n) is 5.64. The van der Waals surface area contributed by atoms with Crippen molar-refractivity contribution < 1.29 is 12.8 Å². The summed E-state index contributed by atoms with van der Waals surface area (Å²) in [6.45, 7) is 5.59. The van der Waals surface area contributed by atoms with Crippen molar-refractivity contribution in [1.82, 2.24) is 4.31 Å². The summed E-state index contributed by atoms with van der Waals surface area (Å²) in [7, 11) is -3.70. The van der Waals surface area contributed by atoms with Gasteiger partial charge in [-0.2, -0.15) is 0 Å². The Hall–Kier alpha value is -2.19. The van der Waals surface area contributed by atoms with Crippen LogP contribution >= 0.6 is 0 Å². The third-order valence-corrected chi connectivity index (χ3v) is 5.56. The topological polar surface area (TPSA) is 50.5 Å². The number of rotatable bonds is 6. The summed E-state index contributed by atoms with van der Waals surface area (Å²) in [5.41, 5.74) is 0.998. The molecule has 2 aromatic rings. The molecule has 0 bridgehead atoms. The molecule has 4 nitrogen and oxygen atoms in total. The molecule has 2 rings (SSSR count). The molecule has 0 fully saturated rings. The number of furan rings is 1. The van der Waals surface area contributed by atoms with Gasteiger partial charge in [0.2, 0.25) is 0 Å². The highest BCUT2D eigenvalue weighted by atomic mass is 32.2. The summed E-state index contributed by atoms with van der Waals surface area (Å²) in [6, 6.07) is 12.5. The number of nitrogens with zero attached hydrogens (tertiary/aromatic N) is 1. The molecule has 1 heterocycles. The van der Waals surface area contributed by atoms with Crippen LogP contribution in [0.3, 0.4) is 0 Å². The minimum Gasteiger partial charge on any atom is -0.466 e. The van der Waals surface area contributed by atoms with E-state index in [0.29, 0.717) is 12.8 Å². The number of aryl methyl sites for hydroxylation is 3. The maximum Gasteiger partial charge on any atom is 0.271 e. The van der Waals surface area contributed by atoms with E-state index in [-0.39, 0.29) is 10.9 Å². The quantitative estimate of drug-likeness (QED) is 0.601. The lowest BCUT2D eigenvalue weighted by Gasteiger charge is -2.24. The van der Waals surface area contributed by atoms with Crippen LogP contribution in [0, 0.1) is 26.3 Å². The average Bonchev–Trinajstić information content (AvgIpc) is 2.91. The molecule has 122 valence electrons. The van der Waals surface area contributed by atoms with Crippen LogP contribution in [-0.4, -0.2) is 18.8 Å². The number of hydrogen-bond donors (Lipinski definition) is 0. The molecule has 0 aliphatic rings. The Kier molecular flexibility index (Phi) is 5.17. The first-order chi connectivity index (χ1) is 10.8. The van der Waals surface area contributed by atoms with Gasteiger partial charge in [-0.3, -0.25) is 0 Å². The highest BCUT2D eigenvalue weighted by Crippen LogP contribution is 2.21. The lowest BCUT2D eigenvalue weighted by atomic mass is 10.1. The van der Waals surface area contributed by atoms with Gasteiger partial charge >= 0.3 is 0 Å². The van der Waals surface area contributed by atoms with Crippen molar-refractivity contribution in [2.75, 3.05) is 0 Å². The minimum absolute atomic E-state index is 0.210. The molecule has 1 atom stereocenters. The van der Waals surface area contributed by atoms with Crippen molar-refractivity contribution in [3.63, 3.8) is 0 Å². The van der Waals surface area contributed by atoms with E-state index < -0.39 is 10.0 Å². The molecule has 5 heteroatoms. The summed E-state index contributed by atoms with van der Waals surface area (Å²) < 4.78 is 32.0. The summed E-state index contributed by atoms with van der Waals surface area (Å²) in [4.78, 5) is 0.210. The average molecular weight is 331 g/mol. The van der Waals surface area contributed by atoms with E-state index in [4.69, 9.17) is 10.8 Å². The van der Waals surface area contributed by atoms with Gasteiger partial charge in [0, 0.05) is 12.5 Å². The Balaban J connectivity index is 2.14. The van der Waals surface area contributed by atoms with Crippen molar-refractivity contribution in [2.45, 2.75) is 44.6 Å². The zero-order chi connectivity index (χ0) is 17.0. The largest absolute Gasteiger partial charge is 0.466 e. The van der Waals surface area contributed by atoms with E-state index in [2.05, 4.69) is 6.04 Å². The summed E-state index contributed by atoms with van der Waals surface area (Å²) in [5.74, 6) is 1.67. The molecule has 0 amide bonds. The Bertz CT molecular complexity index is 798. The van der Waals surface area contributed by atoms with Crippen molar-refractivity contribution in [2.24, 2.45) is 0 Å². The Labute approximate surface area is 138 Å². The van der Waals surface area contributed by atoms with Crippen LogP contribution < -0.4 is 0 Å². The second kappa shape index (κ2) is 6.93. The predicted molar refractivity (Wildman–Crippen MR) is 90.3 cm³/mol. The summed E-state index contributed by atoms with van der Waals surface area (Å²) in [6.07, 6.45) is 6.69. The standard InChI is InChI=1S/C18H21NO3S/c1-5-19(15(3)8-10-17-11-9-16(4)22-17)23(20,21)18-12-6-14(2)7-13-18/h1,6-7,9,11-13,15H,8,10H2,2-4H3. The molecule has 23 heavy (non-hydrogen) atoms. The highest BCUT2D eigenvalue weighted by Gasteiger charge is 2.26. The first kappa shape index (κ1) is 17.2. The highest BCUT2D eigenvalue weighted by molar-refractivity contribution is 7.89. The van der Waals surface area contributed by atoms with Crippen LogP contribution in [-0.2, 0) is 16.4 Å². The number of hydrogen-bond acceptors (Lipinski definition) is 3. The van der Waals surface area contributed by atoms with E-state index in [9.17, 15) is 8.42 Å². The van der Waals surface area contributed by atoms with Crippen LogP contribution in [0.1, 0.15) is 30.4 Å². The number of benzene rings is 1. The van der Waals surface area contributed by atoms with Crippen molar-refractivity contribution in [1.29, 1.82) is 0 Å². The van der Waals surface area contributed by atoms with Gasteiger partial charge in [-0.25, -0.2) is 12.7 Å². The predicted octanol–water partition coefficient (Wildman–Crippen LogP) is 3.50. The Morgan fingerprint density at radius 1 is 1.17 bits per heavy atom. The normalized spacial score (nSPS) is 12.6. The van der Waals surface area contributed by atoms with Crippen molar-refractivity contribution in [3.05, 3.63) is 53.5 Å². The van der Waals surface area contributed by atoms with Gasteiger partial charge in [-0.05, 0) is 51.5 Å². The Morgan fingerprint density at radius 3 is 2.35 bits per heavy atom. The minimum atomic E-state index is -3.70. The Morgan fingerprint density at radius 2 is 1.83 bits per heavy atom. The lowest BCUT2D eigenvalue weighted by Crippen LogP contribution is -2.35. The van der Waals surface area contributed by atoms with Crippen molar-refractivity contribution >= 4 is 10.0 Å². The smallest absolute Gasteiger partial charge is 0.271 e. The van der Waals surface area contributed by atoms with Gasteiger partial charge in [-0.15, -0.1) is 0 Å². The maximum absolute atomic E-state index is 12.7. The van der Waals surface area contributed by atoms with Gasteiger partial charge in [-0.1, -0.05) is 24.1 Å². The first-order valence-corrected chi connectivity index (χ1v) is 8.91. The maximum atomic E-state index is 12.7. The summed E-state index contributed by atoms with van der Waals surface area (Å²) >= 11 is 0. The van der Waals surface area contributed by atoms with E-state index >= 15 is 0 Å². The third-order valence-electron chi connectivity index (χ3n) is 3.71. The fourth-order valence-corrected chi connectivity index (χ4v) is 3.77. The van der Waals surface area contributed by atoms with Crippen LogP contribution in [0.5, 0.6) is 0 Å². The number of terminal acetylenes is 1. The molecule has 0 saturated carbocycles. The van der Waals surface area contributed by atoms with E-state index in [1.165, 1.54) is 0 Å². The van der Waals surface area contributed by atoms with Crippen molar-refractivity contribution in [3.8, 4) is 12.5 Å². The van der Waals surface area contributed by atoms with Gasteiger partial charge in [0.05, 0.1) is 10.9 Å². The SMILES string of the molecule is C#CN(C(C)CCc1ccc(C)o1)S(=O)(=O)c1ccc(C)cc1. The van der Waals surface area contributed by atoms with Gasteiger partial charge < -0.3 is 4.42 Å².